The summed E-state index contributed by atoms with van der Waals surface area (Å²) in [5.41, 5.74) is 3.70. The fourth-order valence-electron chi connectivity index (χ4n) is 4.28. The molecular formula is C27H28N2O2S2. The van der Waals surface area contributed by atoms with Gasteiger partial charge >= 0.3 is 0 Å². The van der Waals surface area contributed by atoms with Crippen LogP contribution in [-0.2, 0) is 36.5 Å². The molecule has 0 saturated carbocycles. The number of benzene rings is 2. The first kappa shape index (κ1) is 22.4. The van der Waals surface area contributed by atoms with Crippen LogP contribution in [0.5, 0.6) is 0 Å². The molecule has 0 unspecified atom stereocenters. The van der Waals surface area contributed by atoms with Crippen LogP contribution in [0.15, 0.2) is 70.6 Å². The zero-order valence-electron chi connectivity index (χ0n) is 19.0. The average Bonchev–Trinajstić information content (AvgIpc) is 3.21. The van der Waals surface area contributed by atoms with Crippen LogP contribution in [0.25, 0.3) is 10.2 Å². The van der Waals surface area contributed by atoms with Crippen LogP contribution >= 0.6 is 23.1 Å². The highest BCUT2D eigenvalue weighted by Crippen LogP contribution is 2.36. The molecule has 2 aromatic heterocycles. The summed E-state index contributed by atoms with van der Waals surface area (Å²) in [6.45, 7) is 5.56. The van der Waals surface area contributed by atoms with Gasteiger partial charge < -0.3 is 4.74 Å². The molecular weight excluding hydrogens is 448 g/mol. The molecule has 4 nitrogen and oxygen atoms in total. The third-order valence-electron chi connectivity index (χ3n) is 6.21. The minimum Gasteiger partial charge on any atom is -0.372 e. The third-order valence-corrected chi connectivity index (χ3v) is 8.36. The van der Waals surface area contributed by atoms with Gasteiger partial charge in [-0.15, -0.1) is 11.3 Å². The van der Waals surface area contributed by atoms with Crippen LogP contribution in [0.4, 0.5) is 0 Å². The Morgan fingerprint density at radius 2 is 1.79 bits per heavy atom. The molecule has 0 amide bonds. The van der Waals surface area contributed by atoms with Crippen molar-refractivity contribution in [2.75, 3.05) is 0 Å². The Labute approximate surface area is 202 Å². The molecule has 4 aromatic rings. The van der Waals surface area contributed by atoms with E-state index in [4.69, 9.17) is 9.72 Å². The van der Waals surface area contributed by atoms with Gasteiger partial charge in [0, 0.05) is 23.6 Å². The molecule has 1 aliphatic rings. The molecule has 33 heavy (non-hydrogen) atoms. The maximum Gasteiger partial charge on any atom is 0.263 e. The van der Waals surface area contributed by atoms with Crippen LogP contribution in [-0.4, -0.2) is 15.7 Å². The highest BCUT2D eigenvalue weighted by molar-refractivity contribution is 7.98. The number of rotatable bonds is 7. The van der Waals surface area contributed by atoms with Crippen molar-refractivity contribution in [2.45, 2.75) is 56.9 Å². The predicted octanol–water partition coefficient (Wildman–Crippen LogP) is 6.09. The number of hydrogen-bond donors (Lipinski definition) is 0. The van der Waals surface area contributed by atoms with Crippen LogP contribution in [0.2, 0.25) is 0 Å². The number of aromatic nitrogens is 2. The normalized spacial score (nSPS) is 15.8. The van der Waals surface area contributed by atoms with Gasteiger partial charge in [0.2, 0.25) is 0 Å². The van der Waals surface area contributed by atoms with Crippen LogP contribution in [0, 0.1) is 5.92 Å². The van der Waals surface area contributed by atoms with Crippen molar-refractivity contribution in [3.63, 3.8) is 0 Å². The molecule has 6 heteroatoms. The summed E-state index contributed by atoms with van der Waals surface area (Å²) in [5.74, 6) is 1.20. The molecule has 0 fully saturated rings. The van der Waals surface area contributed by atoms with Crippen molar-refractivity contribution in [1.82, 2.24) is 9.55 Å². The molecule has 5 rings (SSSR count). The average molecular weight is 477 g/mol. The summed E-state index contributed by atoms with van der Waals surface area (Å²) in [4.78, 5) is 20.9. The Kier molecular flexibility index (Phi) is 6.67. The highest BCUT2D eigenvalue weighted by atomic mass is 32.2. The first-order valence-electron chi connectivity index (χ1n) is 11.5. The maximum atomic E-state index is 13.9. The van der Waals surface area contributed by atoms with Crippen molar-refractivity contribution in [2.24, 2.45) is 5.92 Å². The van der Waals surface area contributed by atoms with Gasteiger partial charge in [-0.3, -0.25) is 9.36 Å². The summed E-state index contributed by atoms with van der Waals surface area (Å²) in [6, 6.07) is 20.7. The lowest BCUT2D eigenvalue weighted by molar-refractivity contribution is 0.00200. The minimum absolute atomic E-state index is 0.0911. The molecule has 0 bridgehead atoms. The molecule has 170 valence electrons. The molecule has 0 spiro atoms. The minimum atomic E-state index is 0.0911. The monoisotopic (exact) mass is 476 g/mol. The van der Waals surface area contributed by atoms with Crippen molar-refractivity contribution in [3.8, 4) is 0 Å². The van der Waals surface area contributed by atoms with E-state index in [1.54, 1.807) is 23.1 Å². The summed E-state index contributed by atoms with van der Waals surface area (Å²) >= 11 is 3.27. The molecule has 2 aromatic carbocycles. The number of hydrogen-bond acceptors (Lipinski definition) is 5. The number of aryl methyl sites for hydroxylation is 1. The van der Waals surface area contributed by atoms with E-state index in [1.165, 1.54) is 11.1 Å². The highest BCUT2D eigenvalue weighted by Gasteiger charge is 2.28. The summed E-state index contributed by atoms with van der Waals surface area (Å²) in [7, 11) is 0. The van der Waals surface area contributed by atoms with Gasteiger partial charge in [-0.25, -0.2) is 4.98 Å². The smallest absolute Gasteiger partial charge is 0.263 e. The van der Waals surface area contributed by atoms with Crippen LogP contribution in [0.3, 0.4) is 0 Å². The summed E-state index contributed by atoms with van der Waals surface area (Å²) in [5, 5.41) is 1.60. The van der Waals surface area contributed by atoms with Crippen molar-refractivity contribution < 1.29 is 4.74 Å². The van der Waals surface area contributed by atoms with Crippen molar-refractivity contribution >= 4 is 33.3 Å². The van der Waals surface area contributed by atoms with Gasteiger partial charge in [-0.05, 0) is 29.0 Å². The standard InChI is InChI=1S/C27H28N2O2S2/c1-18(2)22-15-21-23(16-31-22)33-25-24(21)26(30)29(14-13-19-9-5-3-6-10-19)27(28-25)32-17-20-11-7-4-8-12-20/h3-12,18,22H,13-17H2,1-2H3/t22-/m0/s1. The fourth-order valence-corrected chi connectivity index (χ4v) is 6.43. The zero-order valence-corrected chi connectivity index (χ0v) is 20.6. The second kappa shape index (κ2) is 9.84. The second-order valence-corrected chi connectivity index (χ2v) is 10.9. The van der Waals surface area contributed by atoms with E-state index in [1.807, 2.05) is 41.0 Å². The Balaban J connectivity index is 1.54. The Morgan fingerprint density at radius 3 is 2.48 bits per heavy atom. The summed E-state index contributed by atoms with van der Waals surface area (Å²) < 4.78 is 7.97. The molecule has 0 saturated heterocycles. The van der Waals surface area contributed by atoms with E-state index < -0.39 is 0 Å². The molecule has 0 N–H and O–H groups in total. The lowest BCUT2D eigenvalue weighted by Gasteiger charge is -2.26. The lowest BCUT2D eigenvalue weighted by Crippen LogP contribution is -2.29. The van der Waals surface area contributed by atoms with Gasteiger partial charge in [0.25, 0.3) is 5.56 Å². The van der Waals surface area contributed by atoms with E-state index in [0.717, 1.165) is 44.4 Å². The zero-order chi connectivity index (χ0) is 22.8. The van der Waals surface area contributed by atoms with Gasteiger partial charge in [0.1, 0.15) is 4.83 Å². The van der Waals surface area contributed by atoms with E-state index in [-0.39, 0.29) is 11.7 Å². The molecule has 1 atom stereocenters. The van der Waals surface area contributed by atoms with Crippen LogP contribution < -0.4 is 5.56 Å². The molecule has 0 radical (unpaired) electrons. The Bertz CT molecular complexity index is 1300. The molecule has 0 aliphatic carbocycles. The largest absolute Gasteiger partial charge is 0.372 e. The maximum absolute atomic E-state index is 13.9. The SMILES string of the molecule is CC(C)[C@@H]1Cc2c(sc3nc(SCc4ccccc4)n(CCc4ccccc4)c(=O)c23)CO1. The number of thiophene rings is 1. The van der Waals surface area contributed by atoms with E-state index in [9.17, 15) is 4.79 Å². The van der Waals surface area contributed by atoms with Gasteiger partial charge in [0.15, 0.2) is 5.16 Å². The molecule has 1 aliphatic heterocycles. The first-order chi connectivity index (χ1) is 16.1. The van der Waals surface area contributed by atoms with E-state index in [0.29, 0.717) is 19.1 Å². The third kappa shape index (κ3) is 4.79. The second-order valence-electron chi connectivity index (χ2n) is 8.84. The summed E-state index contributed by atoms with van der Waals surface area (Å²) in [6.07, 6.45) is 1.75. The fraction of sp³-hybridized carbons (Fsp3) is 0.333. The lowest BCUT2D eigenvalue weighted by atomic mass is 9.96. The van der Waals surface area contributed by atoms with E-state index in [2.05, 4.69) is 38.1 Å². The van der Waals surface area contributed by atoms with Gasteiger partial charge in [-0.1, -0.05) is 86.3 Å². The Morgan fingerprint density at radius 1 is 1.09 bits per heavy atom. The predicted molar refractivity (Wildman–Crippen MR) is 137 cm³/mol. The number of fused-ring (bicyclic) bond motifs is 3. The van der Waals surface area contributed by atoms with Gasteiger partial charge in [-0.2, -0.15) is 0 Å². The van der Waals surface area contributed by atoms with Crippen molar-refractivity contribution in [1.29, 1.82) is 0 Å². The number of nitrogens with zero attached hydrogens (tertiary/aromatic N) is 2. The number of ether oxygens (including phenoxy) is 1. The Hall–Kier alpha value is -2.41. The first-order valence-corrected chi connectivity index (χ1v) is 13.3. The quantitative estimate of drug-likeness (QED) is 0.239. The van der Waals surface area contributed by atoms with Crippen LogP contribution in [0.1, 0.15) is 35.4 Å². The van der Waals surface area contributed by atoms with Crippen molar-refractivity contribution in [3.05, 3.63) is 92.6 Å². The topological polar surface area (TPSA) is 44.1 Å². The molecule has 3 heterocycles. The van der Waals surface area contributed by atoms with Gasteiger partial charge in [0.05, 0.1) is 18.1 Å². The number of thioether (sulfide) groups is 1. The van der Waals surface area contributed by atoms with E-state index >= 15 is 0 Å².